The van der Waals surface area contributed by atoms with Gasteiger partial charge in [-0.25, -0.2) is 0 Å². The number of hydrogen-bond acceptors (Lipinski definition) is 5. The van der Waals surface area contributed by atoms with Crippen LogP contribution in [0.3, 0.4) is 0 Å². The van der Waals surface area contributed by atoms with E-state index >= 15 is 0 Å². The highest BCUT2D eigenvalue weighted by Crippen LogP contribution is 2.34. The quantitative estimate of drug-likeness (QED) is 0.666. The van der Waals surface area contributed by atoms with E-state index in [0.29, 0.717) is 30.6 Å². The van der Waals surface area contributed by atoms with E-state index < -0.39 is 6.04 Å². The maximum absolute atomic E-state index is 12.9. The number of carbonyl (C=O) groups is 3. The molecule has 4 aliphatic rings. The number of piperidine rings is 2. The number of amides is 3. The first-order valence-electron chi connectivity index (χ1n) is 10.3. The summed E-state index contributed by atoms with van der Waals surface area (Å²) in [5, 5.41) is 9.63. The average Bonchev–Trinajstić information content (AvgIpc) is 2.97. The van der Waals surface area contributed by atoms with Crippen molar-refractivity contribution >= 4 is 17.7 Å². The first-order chi connectivity index (χ1) is 13.6. The van der Waals surface area contributed by atoms with Gasteiger partial charge in [0.05, 0.1) is 0 Å². The highest BCUT2D eigenvalue weighted by atomic mass is 16.2. The Morgan fingerprint density at radius 2 is 2.00 bits per heavy atom. The molecule has 1 aliphatic carbocycles. The van der Waals surface area contributed by atoms with Crippen LogP contribution in [0, 0.1) is 5.92 Å². The van der Waals surface area contributed by atoms with E-state index in [9.17, 15) is 14.4 Å². The van der Waals surface area contributed by atoms with Crippen molar-refractivity contribution < 1.29 is 14.4 Å². The van der Waals surface area contributed by atoms with E-state index in [0.717, 1.165) is 36.6 Å². The van der Waals surface area contributed by atoms with Gasteiger partial charge in [0.1, 0.15) is 6.04 Å². The van der Waals surface area contributed by atoms with Crippen LogP contribution in [0.1, 0.15) is 53.6 Å². The van der Waals surface area contributed by atoms with Crippen LogP contribution in [0.2, 0.25) is 0 Å². The molecule has 3 N–H and O–H groups in total. The third-order valence-corrected chi connectivity index (χ3v) is 6.87. The van der Waals surface area contributed by atoms with Gasteiger partial charge in [0.25, 0.3) is 5.91 Å². The third-order valence-electron chi connectivity index (χ3n) is 6.87. The summed E-state index contributed by atoms with van der Waals surface area (Å²) in [6, 6.07) is 6.72. The molecule has 1 aromatic rings. The number of nitrogens with one attached hydrogen (secondary N) is 3. The Morgan fingerprint density at radius 1 is 1.11 bits per heavy atom. The van der Waals surface area contributed by atoms with Gasteiger partial charge >= 0.3 is 0 Å². The molecule has 3 amide bonds. The van der Waals surface area contributed by atoms with Crippen LogP contribution >= 0.6 is 0 Å². The van der Waals surface area contributed by atoms with E-state index in [4.69, 9.17) is 0 Å². The molecule has 148 valence electrons. The van der Waals surface area contributed by atoms with Gasteiger partial charge in [0.2, 0.25) is 11.8 Å². The fourth-order valence-electron chi connectivity index (χ4n) is 5.11. The van der Waals surface area contributed by atoms with Crippen LogP contribution < -0.4 is 16.0 Å². The molecule has 5 rings (SSSR count). The van der Waals surface area contributed by atoms with Gasteiger partial charge in [-0.15, -0.1) is 0 Å². The normalized spacial score (nSPS) is 31.9. The Hall–Kier alpha value is -2.25. The number of nitrogens with zero attached hydrogens (tertiary/aromatic N) is 1. The van der Waals surface area contributed by atoms with Gasteiger partial charge in [-0.05, 0) is 55.3 Å². The Morgan fingerprint density at radius 3 is 2.79 bits per heavy atom. The van der Waals surface area contributed by atoms with Gasteiger partial charge in [-0.3, -0.25) is 19.7 Å². The van der Waals surface area contributed by atoms with E-state index in [1.807, 2.05) is 12.1 Å². The molecular weight excluding hydrogens is 356 g/mol. The Bertz CT molecular complexity index is 839. The van der Waals surface area contributed by atoms with Crippen LogP contribution in [0.5, 0.6) is 0 Å². The molecule has 28 heavy (non-hydrogen) atoms. The second-order valence-corrected chi connectivity index (χ2v) is 8.47. The van der Waals surface area contributed by atoms with Gasteiger partial charge in [0.15, 0.2) is 0 Å². The summed E-state index contributed by atoms with van der Waals surface area (Å²) in [4.78, 5) is 38.1. The second kappa shape index (κ2) is 6.97. The summed E-state index contributed by atoms with van der Waals surface area (Å²) in [5.74, 6) is 0.00531. The summed E-state index contributed by atoms with van der Waals surface area (Å²) < 4.78 is 0. The van der Waals surface area contributed by atoms with Crippen molar-refractivity contribution in [3.8, 4) is 0 Å². The monoisotopic (exact) mass is 382 g/mol. The van der Waals surface area contributed by atoms with Crippen LogP contribution in [0.25, 0.3) is 0 Å². The van der Waals surface area contributed by atoms with Crippen molar-refractivity contribution in [2.45, 2.75) is 63.3 Å². The van der Waals surface area contributed by atoms with Gasteiger partial charge < -0.3 is 15.5 Å². The van der Waals surface area contributed by atoms with Crippen molar-refractivity contribution in [1.82, 2.24) is 20.9 Å². The second-order valence-electron chi connectivity index (χ2n) is 8.47. The maximum atomic E-state index is 12.9. The first kappa shape index (κ1) is 17.8. The number of benzene rings is 1. The lowest BCUT2D eigenvalue weighted by Crippen LogP contribution is -2.58. The molecule has 3 heterocycles. The number of carbonyl (C=O) groups excluding carboxylic acids is 3. The molecule has 2 saturated heterocycles. The first-order valence-corrected chi connectivity index (χ1v) is 10.3. The number of imide groups is 1. The smallest absolute Gasteiger partial charge is 0.255 e. The van der Waals surface area contributed by atoms with Gasteiger partial charge in [-0.2, -0.15) is 0 Å². The lowest BCUT2D eigenvalue weighted by atomic mass is 9.71. The molecule has 0 bridgehead atoms. The van der Waals surface area contributed by atoms with Crippen molar-refractivity contribution in [3.05, 3.63) is 34.9 Å². The molecule has 0 aromatic heterocycles. The largest absolute Gasteiger partial charge is 0.322 e. The molecule has 1 saturated carbocycles. The van der Waals surface area contributed by atoms with E-state index in [1.54, 1.807) is 4.90 Å². The van der Waals surface area contributed by atoms with Crippen LogP contribution in [-0.2, 0) is 22.7 Å². The van der Waals surface area contributed by atoms with Crippen molar-refractivity contribution in [2.24, 2.45) is 5.92 Å². The number of rotatable bonds is 4. The van der Waals surface area contributed by atoms with Gasteiger partial charge in [0, 0.05) is 37.2 Å². The summed E-state index contributed by atoms with van der Waals surface area (Å²) >= 11 is 0. The fraction of sp³-hybridized carbons (Fsp3) is 0.571. The number of hydrogen-bond donors (Lipinski definition) is 3. The fourth-order valence-corrected chi connectivity index (χ4v) is 5.11. The Labute approximate surface area is 164 Å². The van der Waals surface area contributed by atoms with Crippen LogP contribution in [0.15, 0.2) is 18.2 Å². The minimum Gasteiger partial charge on any atom is -0.322 e. The molecule has 0 radical (unpaired) electrons. The zero-order valence-corrected chi connectivity index (χ0v) is 15.9. The lowest BCUT2D eigenvalue weighted by Gasteiger charge is -2.47. The lowest BCUT2D eigenvalue weighted by molar-refractivity contribution is -0.136. The number of fused-ring (bicyclic) bond motifs is 2. The highest BCUT2D eigenvalue weighted by molar-refractivity contribution is 6.05. The summed E-state index contributed by atoms with van der Waals surface area (Å²) in [5.41, 5.74) is 2.75. The molecular formula is C21H26N4O3. The minimum absolute atomic E-state index is 0.104. The van der Waals surface area contributed by atoms with E-state index in [1.165, 1.54) is 12.8 Å². The molecule has 4 atom stereocenters. The molecule has 7 heteroatoms. The topological polar surface area (TPSA) is 90.5 Å². The molecule has 3 aliphatic heterocycles. The maximum Gasteiger partial charge on any atom is 0.255 e. The zero-order chi connectivity index (χ0) is 19.3. The zero-order valence-electron chi connectivity index (χ0n) is 15.9. The van der Waals surface area contributed by atoms with E-state index in [2.05, 4.69) is 22.0 Å². The van der Waals surface area contributed by atoms with Crippen molar-refractivity contribution in [3.63, 3.8) is 0 Å². The molecule has 3 fully saturated rings. The van der Waals surface area contributed by atoms with Crippen LogP contribution in [0.4, 0.5) is 0 Å². The molecule has 0 spiro atoms. The van der Waals surface area contributed by atoms with Crippen molar-refractivity contribution in [1.29, 1.82) is 0 Å². The Kier molecular flexibility index (Phi) is 4.44. The molecule has 4 unspecified atom stereocenters. The molecule has 1 aromatic carbocycles. The summed E-state index contributed by atoms with van der Waals surface area (Å²) in [6.45, 7) is 2.27. The Balaban J connectivity index is 1.26. The molecule has 7 nitrogen and oxygen atoms in total. The van der Waals surface area contributed by atoms with E-state index in [-0.39, 0.29) is 24.1 Å². The summed E-state index contributed by atoms with van der Waals surface area (Å²) in [7, 11) is 0. The van der Waals surface area contributed by atoms with Gasteiger partial charge in [-0.1, -0.05) is 12.1 Å². The minimum atomic E-state index is -0.551. The standard InChI is InChI=1S/C21H26N4O3/c26-19-6-5-18(20(27)24-19)25-11-13-2-1-12(9-15(13)21(25)28)10-23-17-7-8-22-16-4-3-14(16)17/h1-2,9,14,16-18,22-23H,3-8,10-11H2,(H,24,26,27). The van der Waals surface area contributed by atoms with Crippen LogP contribution in [-0.4, -0.2) is 47.3 Å². The average molecular weight is 382 g/mol. The predicted octanol–water partition coefficient (Wildman–Crippen LogP) is 0.678. The summed E-state index contributed by atoms with van der Waals surface area (Å²) in [6.07, 6.45) is 4.40. The predicted molar refractivity (Wildman–Crippen MR) is 102 cm³/mol. The van der Waals surface area contributed by atoms with Crippen molar-refractivity contribution in [2.75, 3.05) is 6.54 Å². The third kappa shape index (κ3) is 3.02. The SMILES string of the molecule is O=C1CCC(N2Cc3ccc(CNC4CCNC5CCC54)cc3C2=O)C(=O)N1. The highest BCUT2D eigenvalue weighted by Gasteiger charge is 2.40.